The number of unbranched alkanes of at least 4 members (excludes halogenated alkanes) is 10. The smallest absolute Gasteiger partial charge is 0.550 e. The molecule has 5 heteroatoms. The minimum Gasteiger partial charge on any atom is -0.550 e. The number of carbonyl (C=O) groups excluding carboxylic acids is 2. The molecule has 0 heterocycles. The van der Waals surface area contributed by atoms with Crippen LogP contribution in [0.4, 0.5) is 0 Å². The first kappa shape index (κ1) is 48.5. The van der Waals surface area contributed by atoms with Crippen LogP contribution in [-0.4, -0.2) is 35.8 Å². The predicted molar refractivity (Wildman–Crippen MR) is 169 cm³/mol. The zero-order valence-corrected chi connectivity index (χ0v) is 30.9. The van der Waals surface area contributed by atoms with Gasteiger partial charge < -0.3 is 19.8 Å². The van der Waals surface area contributed by atoms with E-state index < -0.39 is 11.9 Å². The van der Waals surface area contributed by atoms with Crippen molar-refractivity contribution in [2.75, 3.05) is 0 Å². The second kappa shape index (κ2) is 32.3. The minimum absolute atomic E-state index is 0. The topological polar surface area (TPSA) is 80.3 Å². The Morgan fingerprint density at radius 1 is 0.590 bits per heavy atom. The van der Waals surface area contributed by atoms with Crippen LogP contribution in [0, 0.1) is 36.5 Å². The third-order valence-corrected chi connectivity index (χ3v) is 5.66. The molecular formula is C34H68O4Sn. The van der Waals surface area contributed by atoms with E-state index in [1.165, 1.54) is 64.2 Å². The normalized spacial score (nSPS) is 12.2. The molecule has 0 aliphatic heterocycles. The molecule has 4 radical (unpaired) electrons. The molecule has 0 rings (SSSR count). The Morgan fingerprint density at radius 3 is 1.03 bits per heavy atom. The van der Waals surface area contributed by atoms with Crippen molar-refractivity contribution < 1.29 is 19.8 Å². The molecule has 0 aliphatic rings. The van der Waals surface area contributed by atoms with Gasteiger partial charge in [0.1, 0.15) is 0 Å². The molecule has 0 saturated carbocycles. The standard InChI is InChI=1S/2C9H18O2.2C8H17.Sn/c2*1-7(5-8(10)11)6-9(2,3)4;2*1-3-5-7-8-6-4-2;/h2*7H,5-6H2,1-4H3,(H,10,11);2*1,3-8H2,2H3;/q;;;;+2/p-2. The number of aliphatic carboxylic acids is 2. The Morgan fingerprint density at radius 2 is 0.846 bits per heavy atom. The fraction of sp³-hybridized carbons (Fsp3) is 0.882. The van der Waals surface area contributed by atoms with Gasteiger partial charge >= 0.3 is 23.9 Å². The number of hydrogen-bond acceptors (Lipinski definition) is 4. The van der Waals surface area contributed by atoms with Gasteiger partial charge in [-0.05, 0) is 48.3 Å². The van der Waals surface area contributed by atoms with E-state index in [1.807, 2.05) is 13.8 Å². The molecule has 0 saturated heterocycles. The van der Waals surface area contributed by atoms with Crippen LogP contribution in [0.25, 0.3) is 0 Å². The molecule has 0 fully saturated rings. The van der Waals surface area contributed by atoms with E-state index in [4.69, 9.17) is 0 Å². The molecule has 0 spiro atoms. The summed E-state index contributed by atoms with van der Waals surface area (Å²) < 4.78 is 0. The summed E-state index contributed by atoms with van der Waals surface area (Å²) in [7, 11) is 0. The predicted octanol–water partition coefficient (Wildman–Crippen LogP) is 8.38. The Kier molecular flexibility index (Phi) is 40.1. The van der Waals surface area contributed by atoms with Crippen molar-refractivity contribution in [3.8, 4) is 0 Å². The molecular weight excluding hydrogens is 591 g/mol. The maximum Gasteiger partial charge on any atom is 2.00 e. The molecule has 4 nitrogen and oxygen atoms in total. The van der Waals surface area contributed by atoms with E-state index in [2.05, 4.69) is 69.2 Å². The summed E-state index contributed by atoms with van der Waals surface area (Å²) in [5, 5.41) is 20.4. The van der Waals surface area contributed by atoms with Gasteiger partial charge in [0.2, 0.25) is 0 Å². The van der Waals surface area contributed by atoms with Crippen LogP contribution in [0.5, 0.6) is 0 Å². The molecule has 0 aromatic heterocycles. The van der Waals surface area contributed by atoms with E-state index in [1.54, 1.807) is 0 Å². The molecule has 232 valence electrons. The molecule has 0 bridgehead atoms. The number of carbonyl (C=O) groups is 2. The zero-order chi connectivity index (χ0) is 30.6. The zero-order valence-electron chi connectivity index (χ0n) is 28.0. The Hall–Kier alpha value is -0.261. The van der Waals surface area contributed by atoms with Crippen LogP contribution in [0.3, 0.4) is 0 Å². The Balaban J connectivity index is -0.000000132. The number of carboxylic acids is 2. The van der Waals surface area contributed by atoms with Gasteiger partial charge in [0.25, 0.3) is 0 Å². The van der Waals surface area contributed by atoms with Crippen LogP contribution in [0.2, 0.25) is 0 Å². The first-order valence-electron chi connectivity index (χ1n) is 15.4. The summed E-state index contributed by atoms with van der Waals surface area (Å²) in [5.74, 6) is -1.44. The summed E-state index contributed by atoms with van der Waals surface area (Å²) in [4.78, 5) is 20.4. The van der Waals surface area contributed by atoms with Crippen molar-refractivity contribution in [1.29, 1.82) is 0 Å². The van der Waals surface area contributed by atoms with Gasteiger partial charge in [-0.2, -0.15) is 0 Å². The van der Waals surface area contributed by atoms with Crippen molar-refractivity contribution in [2.45, 2.75) is 172 Å². The summed E-state index contributed by atoms with van der Waals surface area (Å²) in [6.07, 6.45) is 18.2. The van der Waals surface area contributed by atoms with Gasteiger partial charge in [0.05, 0.1) is 0 Å². The third-order valence-electron chi connectivity index (χ3n) is 5.66. The van der Waals surface area contributed by atoms with Gasteiger partial charge in [0.15, 0.2) is 0 Å². The van der Waals surface area contributed by atoms with Crippen LogP contribution >= 0.6 is 0 Å². The van der Waals surface area contributed by atoms with Crippen molar-refractivity contribution >= 4 is 35.8 Å². The van der Waals surface area contributed by atoms with E-state index in [9.17, 15) is 19.8 Å². The van der Waals surface area contributed by atoms with Crippen molar-refractivity contribution in [1.82, 2.24) is 0 Å². The maximum absolute atomic E-state index is 10.2. The number of carboxylic acid groups (broad SMARTS) is 2. The summed E-state index contributed by atoms with van der Waals surface area (Å²) in [5.41, 5.74) is 0.434. The summed E-state index contributed by atoms with van der Waals surface area (Å²) >= 11 is 0. The molecule has 2 unspecified atom stereocenters. The number of rotatable bonds is 16. The average molecular weight is 660 g/mol. The molecule has 39 heavy (non-hydrogen) atoms. The summed E-state index contributed by atoms with van der Waals surface area (Å²) in [6, 6.07) is 0. The fourth-order valence-corrected chi connectivity index (χ4v) is 4.36. The molecule has 0 aromatic carbocycles. The second-order valence-corrected chi connectivity index (χ2v) is 13.4. The van der Waals surface area contributed by atoms with Crippen molar-refractivity contribution in [3.63, 3.8) is 0 Å². The van der Waals surface area contributed by atoms with Crippen molar-refractivity contribution in [2.24, 2.45) is 22.7 Å². The van der Waals surface area contributed by atoms with Crippen LogP contribution in [0.15, 0.2) is 0 Å². The van der Waals surface area contributed by atoms with Crippen LogP contribution in [0.1, 0.15) is 172 Å². The molecule has 0 aromatic rings. The van der Waals surface area contributed by atoms with E-state index in [0.717, 1.165) is 25.7 Å². The Bertz CT molecular complexity index is 448. The van der Waals surface area contributed by atoms with Gasteiger partial charge in [-0.3, -0.25) is 0 Å². The van der Waals surface area contributed by atoms with E-state index >= 15 is 0 Å². The van der Waals surface area contributed by atoms with Crippen LogP contribution < -0.4 is 10.2 Å². The minimum atomic E-state index is -0.943. The maximum atomic E-state index is 10.2. The van der Waals surface area contributed by atoms with E-state index in [-0.39, 0.29) is 59.4 Å². The number of hydrogen-bond donors (Lipinski definition) is 0. The van der Waals surface area contributed by atoms with Gasteiger partial charge in [-0.1, -0.05) is 160 Å². The quantitative estimate of drug-likeness (QED) is 0.123. The second-order valence-electron chi connectivity index (χ2n) is 13.4. The van der Waals surface area contributed by atoms with Crippen molar-refractivity contribution in [3.05, 3.63) is 13.8 Å². The largest absolute Gasteiger partial charge is 2.00 e. The van der Waals surface area contributed by atoms with Gasteiger partial charge in [-0.25, -0.2) is 0 Å². The van der Waals surface area contributed by atoms with E-state index in [0.29, 0.717) is 0 Å². The average Bonchev–Trinajstić information content (AvgIpc) is 2.72. The Labute approximate surface area is 263 Å². The molecule has 0 N–H and O–H groups in total. The molecule has 0 aliphatic carbocycles. The first-order valence-corrected chi connectivity index (χ1v) is 15.4. The summed E-state index contributed by atoms with van der Waals surface area (Å²) in [6.45, 7) is 28.6. The third kappa shape index (κ3) is 62.6. The fourth-order valence-electron chi connectivity index (χ4n) is 4.36. The molecule has 2 atom stereocenters. The van der Waals surface area contributed by atoms with Gasteiger partial charge in [0, 0.05) is 11.9 Å². The first-order chi connectivity index (χ1) is 17.4. The SMILES string of the molecule is CC(CC(=O)[O-])CC(C)(C)C.CC(CC(=O)[O-])CC(C)(C)C.[CH2]CCCCCCC.[CH2]CCCCCCC.[Sn+2]. The molecule has 0 amide bonds. The van der Waals surface area contributed by atoms with Gasteiger partial charge in [-0.15, -0.1) is 0 Å². The van der Waals surface area contributed by atoms with Crippen LogP contribution in [-0.2, 0) is 9.59 Å². The monoisotopic (exact) mass is 660 g/mol.